The lowest BCUT2D eigenvalue weighted by Gasteiger charge is -2.23. The second kappa shape index (κ2) is 6.46. The first-order valence-electron chi connectivity index (χ1n) is 6.12. The lowest BCUT2D eigenvalue weighted by Crippen LogP contribution is -2.40. The zero-order valence-electron chi connectivity index (χ0n) is 10.7. The van der Waals surface area contributed by atoms with E-state index in [-0.39, 0.29) is 18.6 Å². The van der Waals surface area contributed by atoms with E-state index >= 15 is 0 Å². The molecule has 1 atom stereocenters. The Morgan fingerprint density at radius 2 is 2.26 bits per heavy atom. The summed E-state index contributed by atoms with van der Waals surface area (Å²) in [4.78, 5) is 13.7. The van der Waals surface area contributed by atoms with Gasteiger partial charge >= 0.3 is 0 Å². The molecule has 19 heavy (non-hydrogen) atoms. The summed E-state index contributed by atoms with van der Waals surface area (Å²) in [7, 11) is 1.80. The molecule has 2 rings (SSSR count). The molecule has 1 fully saturated rings. The van der Waals surface area contributed by atoms with Crippen LogP contribution in [0, 0.1) is 0 Å². The van der Waals surface area contributed by atoms with Crippen LogP contribution in [0.25, 0.3) is 0 Å². The first-order valence-corrected chi connectivity index (χ1v) is 6.88. The molecule has 1 amide bonds. The number of nitrogens with one attached hydrogen (secondary N) is 1. The minimum absolute atomic E-state index is 0.00492. The Balaban J connectivity index is 1.87. The monoisotopic (exact) mass is 302 g/mol. The van der Waals surface area contributed by atoms with Crippen molar-refractivity contribution in [1.29, 1.82) is 0 Å². The zero-order valence-corrected chi connectivity index (χ0v) is 12.2. The Morgan fingerprint density at radius 1 is 1.47 bits per heavy atom. The lowest BCUT2D eigenvalue weighted by atomic mass is 10.2. The maximum Gasteiger partial charge on any atom is 0.260 e. The first-order chi connectivity index (χ1) is 9.08. The number of rotatable bonds is 4. The third kappa shape index (κ3) is 3.75. The van der Waals surface area contributed by atoms with Gasteiger partial charge in [-0.05, 0) is 25.1 Å². The molecule has 1 heterocycles. The van der Waals surface area contributed by atoms with Gasteiger partial charge in [-0.3, -0.25) is 4.79 Å². The molecule has 1 aliphatic rings. The van der Waals surface area contributed by atoms with E-state index in [4.69, 9.17) is 27.9 Å². The summed E-state index contributed by atoms with van der Waals surface area (Å²) in [5, 5.41) is 4.11. The highest BCUT2D eigenvalue weighted by Gasteiger charge is 2.23. The molecule has 0 saturated carbocycles. The molecule has 104 valence electrons. The molecule has 0 aliphatic carbocycles. The topological polar surface area (TPSA) is 41.6 Å². The molecule has 1 N–H and O–H groups in total. The molecular weight excluding hydrogens is 287 g/mol. The maximum absolute atomic E-state index is 12.0. The average Bonchev–Trinajstić information content (AvgIpc) is 2.93. The summed E-state index contributed by atoms with van der Waals surface area (Å²) in [6.45, 7) is 1.80. The van der Waals surface area contributed by atoms with Gasteiger partial charge in [0.2, 0.25) is 0 Å². The number of ether oxygens (including phenoxy) is 1. The van der Waals surface area contributed by atoms with Crippen molar-refractivity contribution < 1.29 is 9.53 Å². The Labute approximate surface area is 122 Å². The highest BCUT2D eigenvalue weighted by Crippen LogP contribution is 2.26. The molecule has 1 saturated heterocycles. The first kappa shape index (κ1) is 14.4. The fourth-order valence-electron chi connectivity index (χ4n) is 1.99. The summed E-state index contributed by atoms with van der Waals surface area (Å²) >= 11 is 11.7. The van der Waals surface area contributed by atoms with Crippen LogP contribution < -0.4 is 10.1 Å². The second-order valence-electron chi connectivity index (χ2n) is 4.52. The van der Waals surface area contributed by atoms with E-state index in [0.717, 1.165) is 19.5 Å². The summed E-state index contributed by atoms with van der Waals surface area (Å²) in [6, 6.07) is 5.20. The van der Waals surface area contributed by atoms with Gasteiger partial charge < -0.3 is 15.0 Å². The molecule has 0 aromatic heterocycles. The van der Waals surface area contributed by atoms with E-state index < -0.39 is 0 Å². The van der Waals surface area contributed by atoms with Gasteiger partial charge in [0, 0.05) is 25.7 Å². The highest BCUT2D eigenvalue weighted by molar-refractivity contribution is 6.42. The molecule has 0 radical (unpaired) electrons. The molecule has 4 nitrogen and oxygen atoms in total. The van der Waals surface area contributed by atoms with E-state index in [1.54, 1.807) is 30.1 Å². The van der Waals surface area contributed by atoms with Crippen molar-refractivity contribution in [2.75, 3.05) is 26.7 Å². The van der Waals surface area contributed by atoms with Gasteiger partial charge in [-0.25, -0.2) is 0 Å². The molecule has 6 heteroatoms. The minimum Gasteiger partial charge on any atom is -0.484 e. The molecule has 1 aliphatic heterocycles. The molecular formula is C13H16Cl2N2O2. The fourth-order valence-corrected chi connectivity index (χ4v) is 2.28. The average molecular weight is 303 g/mol. The van der Waals surface area contributed by atoms with Gasteiger partial charge in [-0.1, -0.05) is 23.2 Å². The van der Waals surface area contributed by atoms with Crippen LogP contribution in [-0.2, 0) is 4.79 Å². The van der Waals surface area contributed by atoms with Gasteiger partial charge in [-0.2, -0.15) is 0 Å². The number of halogens is 2. The van der Waals surface area contributed by atoms with Crippen molar-refractivity contribution >= 4 is 29.1 Å². The van der Waals surface area contributed by atoms with Crippen LogP contribution in [0.1, 0.15) is 6.42 Å². The number of amides is 1. The number of hydrogen-bond acceptors (Lipinski definition) is 3. The number of likely N-dealkylation sites (N-methyl/N-ethyl adjacent to an activating group) is 1. The van der Waals surface area contributed by atoms with Crippen molar-refractivity contribution in [3.05, 3.63) is 28.2 Å². The van der Waals surface area contributed by atoms with Crippen LogP contribution in [0.4, 0.5) is 0 Å². The minimum atomic E-state index is -0.0419. The van der Waals surface area contributed by atoms with Crippen molar-refractivity contribution in [3.63, 3.8) is 0 Å². The van der Waals surface area contributed by atoms with Crippen molar-refractivity contribution in [2.45, 2.75) is 12.5 Å². The van der Waals surface area contributed by atoms with E-state index in [9.17, 15) is 4.79 Å². The lowest BCUT2D eigenvalue weighted by molar-refractivity contribution is -0.133. The predicted molar refractivity (Wildman–Crippen MR) is 76.0 cm³/mol. The second-order valence-corrected chi connectivity index (χ2v) is 5.33. The van der Waals surface area contributed by atoms with E-state index in [1.807, 2.05) is 0 Å². The van der Waals surface area contributed by atoms with E-state index in [2.05, 4.69) is 5.32 Å². The van der Waals surface area contributed by atoms with E-state index in [1.165, 1.54) is 0 Å². The van der Waals surface area contributed by atoms with E-state index in [0.29, 0.717) is 15.8 Å². The van der Waals surface area contributed by atoms with Gasteiger partial charge in [0.15, 0.2) is 6.61 Å². The summed E-state index contributed by atoms with van der Waals surface area (Å²) < 4.78 is 5.43. The van der Waals surface area contributed by atoms with Crippen LogP contribution in [0.5, 0.6) is 5.75 Å². The van der Waals surface area contributed by atoms with Crippen molar-refractivity contribution in [2.24, 2.45) is 0 Å². The number of hydrogen-bond donors (Lipinski definition) is 1. The van der Waals surface area contributed by atoms with Gasteiger partial charge in [0.05, 0.1) is 10.0 Å². The Hall–Kier alpha value is -0.970. The van der Waals surface area contributed by atoms with Gasteiger partial charge in [0.25, 0.3) is 5.91 Å². The van der Waals surface area contributed by atoms with Crippen molar-refractivity contribution in [1.82, 2.24) is 10.2 Å². The normalized spacial score (nSPS) is 18.4. The van der Waals surface area contributed by atoms with Crippen LogP contribution in [0.2, 0.25) is 10.0 Å². The standard InChI is InChI=1S/C13H16Cl2N2O2/c1-17(9-4-5-16-7-9)13(18)8-19-10-2-3-11(14)12(15)6-10/h2-3,6,9,16H,4-5,7-8H2,1H3. The molecule has 0 spiro atoms. The third-order valence-electron chi connectivity index (χ3n) is 3.23. The summed E-state index contributed by atoms with van der Waals surface area (Å²) in [5.74, 6) is 0.500. The maximum atomic E-state index is 12.0. The van der Waals surface area contributed by atoms with Gasteiger partial charge in [-0.15, -0.1) is 0 Å². The van der Waals surface area contributed by atoms with Gasteiger partial charge in [0.1, 0.15) is 5.75 Å². The molecule has 1 unspecified atom stereocenters. The highest BCUT2D eigenvalue weighted by atomic mass is 35.5. The number of nitrogens with zero attached hydrogens (tertiary/aromatic N) is 1. The Bertz CT molecular complexity index is 462. The largest absolute Gasteiger partial charge is 0.484 e. The smallest absolute Gasteiger partial charge is 0.260 e. The quantitative estimate of drug-likeness (QED) is 0.927. The number of benzene rings is 1. The molecule has 0 bridgehead atoms. The predicted octanol–water partition coefficient (Wildman–Crippen LogP) is 2.19. The zero-order chi connectivity index (χ0) is 13.8. The third-order valence-corrected chi connectivity index (χ3v) is 3.97. The fraction of sp³-hybridized carbons (Fsp3) is 0.462. The SMILES string of the molecule is CN(C(=O)COc1ccc(Cl)c(Cl)c1)C1CCNC1. The van der Waals surface area contributed by atoms with Crippen LogP contribution in [0.3, 0.4) is 0 Å². The Morgan fingerprint density at radius 3 is 2.89 bits per heavy atom. The summed E-state index contributed by atoms with van der Waals surface area (Å²) in [5.41, 5.74) is 0. The molecule has 1 aromatic rings. The van der Waals surface area contributed by atoms with Crippen LogP contribution >= 0.6 is 23.2 Å². The molecule has 1 aromatic carbocycles. The van der Waals surface area contributed by atoms with Crippen LogP contribution in [-0.4, -0.2) is 43.6 Å². The summed E-state index contributed by atoms with van der Waals surface area (Å²) in [6.07, 6.45) is 0.981. The van der Waals surface area contributed by atoms with Crippen molar-refractivity contribution in [3.8, 4) is 5.75 Å². The van der Waals surface area contributed by atoms with Crippen LogP contribution in [0.15, 0.2) is 18.2 Å². The Kier molecular flexibility index (Phi) is 4.91. The number of carbonyl (C=O) groups excluding carboxylic acids is 1. The number of carbonyl (C=O) groups is 1.